The van der Waals surface area contributed by atoms with Crippen LogP contribution in [-0.2, 0) is 0 Å². The van der Waals surface area contributed by atoms with E-state index in [4.69, 9.17) is 5.73 Å². The molecule has 0 bridgehead atoms. The van der Waals surface area contributed by atoms with Crippen LogP contribution in [0.2, 0.25) is 0 Å². The lowest BCUT2D eigenvalue weighted by atomic mass is 9.95. The van der Waals surface area contributed by atoms with Crippen molar-refractivity contribution in [2.45, 2.75) is 19.3 Å². The first-order chi connectivity index (χ1) is 9.47. The highest BCUT2D eigenvalue weighted by Gasteiger charge is 2.23. The molecule has 1 aromatic carbocycles. The van der Waals surface area contributed by atoms with Gasteiger partial charge in [-0.2, -0.15) is 0 Å². The first-order valence-electron chi connectivity index (χ1n) is 7.04. The van der Waals surface area contributed by atoms with E-state index in [-0.39, 0.29) is 5.56 Å². The number of halogens is 2. The van der Waals surface area contributed by atoms with Gasteiger partial charge in [-0.15, -0.1) is 0 Å². The summed E-state index contributed by atoms with van der Waals surface area (Å²) >= 11 is 0. The van der Waals surface area contributed by atoms with Gasteiger partial charge in [-0.3, -0.25) is 0 Å². The number of piperidine rings is 1. The summed E-state index contributed by atoms with van der Waals surface area (Å²) in [4.78, 5) is 4.25. The molecular formula is C15H23F2N3. The molecule has 1 aliphatic rings. The minimum Gasteiger partial charge on any atom is -0.399 e. The number of hydrogen-bond acceptors (Lipinski definition) is 3. The Morgan fingerprint density at radius 3 is 2.50 bits per heavy atom. The summed E-state index contributed by atoms with van der Waals surface area (Å²) in [6.45, 7) is 2.74. The molecule has 20 heavy (non-hydrogen) atoms. The van der Waals surface area contributed by atoms with Crippen LogP contribution in [0.15, 0.2) is 18.2 Å². The lowest BCUT2D eigenvalue weighted by Crippen LogP contribution is -2.37. The van der Waals surface area contributed by atoms with E-state index >= 15 is 0 Å². The summed E-state index contributed by atoms with van der Waals surface area (Å²) in [5, 5.41) is 0. The van der Waals surface area contributed by atoms with Crippen molar-refractivity contribution < 1.29 is 8.78 Å². The number of anilines is 2. The Hall–Kier alpha value is -1.36. The van der Waals surface area contributed by atoms with Gasteiger partial charge in [0.2, 0.25) is 0 Å². The molecule has 5 heteroatoms. The van der Waals surface area contributed by atoms with Gasteiger partial charge in [-0.1, -0.05) is 0 Å². The van der Waals surface area contributed by atoms with E-state index < -0.39 is 6.43 Å². The standard InChI is InChI=1S/C15H23F2N3/c1-19(2)10-11-5-7-20(8-6-11)14-4-3-12(18)9-13(14)15(16)17/h3-4,9,11,15H,5-8,10,18H2,1-2H3. The summed E-state index contributed by atoms with van der Waals surface area (Å²) in [6, 6.07) is 4.82. The van der Waals surface area contributed by atoms with Gasteiger partial charge in [-0.05, 0) is 51.1 Å². The van der Waals surface area contributed by atoms with Gasteiger partial charge >= 0.3 is 0 Å². The molecule has 2 N–H and O–H groups in total. The molecule has 0 spiro atoms. The summed E-state index contributed by atoms with van der Waals surface area (Å²) < 4.78 is 26.2. The lowest BCUT2D eigenvalue weighted by Gasteiger charge is -2.35. The molecule has 0 radical (unpaired) electrons. The van der Waals surface area contributed by atoms with E-state index in [1.54, 1.807) is 12.1 Å². The highest BCUT2D eigenvalue weighted by Crippen LogP contribution is 2.33. The normalized spacial score (nSPS) is 17.2. The van der Waals surface area contributed by atoms with Crippen molar-refractivity contribution in [3.8, 4) is 0 Å². The average Bonchev–Trinajstić information content (AvgIpc) is 2.39. The zero-order valence-corrected chi connectivity index (χ0v) is 12.1. The van der Waals surface area contributed by atoms with E-state index in [1.807, 2.05) is 0 Å². The monoisotopic (exact) mass is 283 g/mol. The summed E-state index contributed by atoms with van der Waals surface area (Å²) in [5.41, 5.74) is 6.70. The predicted molar refractivity (Wildman–Crippen MR) is 79.3 cm³/mol. The molecule has 1 aromatic rings. The van der Waals surface area contributed by atoms with Gasteiger partial charge in [0.15, 0.2) is 0 Å². The van der Waals surface area contributed by atoms with E-state index in [2.05, 4.69) is 23.9 Å². The van der Waals surface area contributed by atoms with Gasteiger partial charge in [0.1, 0.15) is 0 Å². The van der Waals surface area contributed by atoms with E-state index in [9.17, 15) is 8.78 Å². The highest BCUT2D eigenvalue weighted by molar-refractivity contribution is 5.60. The van der Waals surface area contributed by atoms with Crippen LogP contribution >= 0.6 is 0 Å². The Balaban J connectivity index is 2.07. The van der Waals surface area contributed by atoms with Gasteiger partial charge in [0, 0.05) is 36.6 Å². The van der Waals surface area contributed by atoms with Gasteiger partial charge < -0.3 is 15.5 Å². The van der Waals surface area contributed by atoms with Crippen molar-refractivity contribution >= 4 is 11.4 Å². The highest BCUT2D eigenvalue weighted by atomic mass is 19.3. The molecule has 0 unspecified atom stereocenters. The Kier molecular flexibility index (Phi) is 4.81. The second kappa shape index (κ2) is 6.39. The van der Waals surface area contributed by atoms with E-state index in [0.717, 1.165) is 32.5 Å². The third-order valence-corrected chi connectivity index (χ3v) is 3.87. The van der Waals surface area contributed by atoms with Crippen LogP contribution in [0.25, 0.3) is 0 Å². The predicted octanol–water partition coefficient (Wildman–Crippen LogP) is 2.98. The fraction of sp³-hybridized carbons (Fsp3) is 0.600. The summed E-state index contributed by atoms with van der Waals surface area (Å²) in [7, 11) is 4.14. The fourth-order valence-electron chi connectivity index (χ4n) is 2.91. The van der Waals surface area contributed by atoms with Crippen molar-refractivity contribution in [3.05, 3.63) is 23.8 Å². The third kappa shape index (κ3) is 3.60. The first kappa shape index (κ1) is 15.0. The molecule has 3 nitrogen and oxygen atoms in total. The maximum absolute atomic E-state index is 13.1. The molecule has 0 aliphatic carbocycles. The topological polar surface area (TPSA) is 32.5 Å². The maximum atomic E-state index is 13.1. The third-order valence-electron chi connectivity index (χ3n) is 3.87. The number of rotatable bonds is 4. The zero-order chi connectivity index (χ0) is 14.7. The second-order valence-electron chi connectivity index (χ2n) is 5.81. The van der Waals surface area contributed by atoms with Gasteiger partial charge in [0.25, 0.3) is 6.43 Å². The average molecular weight is 283 g/mol. The van der Waals surface area contributed by atoms with Crippen molar-refractivity contribution in [2.75, 3.05) is 44.4 Å². The minimum absolute atomic E-state index is 0.0519. The Bertz CT molecular complexity index is 441. The number of hydrogen-bond donors (Lipinski definition) is 1. The molecule has 0 aromatic heterocycles. The van der Waals surface area contributed by atoms with Crippen molar-refractivity contribution in [1.29, 1.82) is 0 Å². The number of nitrogens with two attached hydrogens (primary N) is 1. The number of alkyl halides is 2. The second-order valence-corrected chi connectivity index (χ2v) is 5.81. The molecule has 0 atom stereocenters. The molecule has 1 saturated heterocycles. The van der Waals surface area contributed by atoms with Crippen LogP contribution in [0.3, 0.4) is 0 Å². The molecule has 1 fully saturated rings. The first-order valence-corrected chi connectivity index (χ1v) is 7.04. The quantitative estimate of drug-likeness (QED) is 0.862. The van der Waals surface area contributed by atoms with Gasteiger partial charge in [0.05, 0.1) is 0 Å². The van der Waals surface area contributed by atoms with Crippen molar-refractivity contribution in [3.63, 3.8) is 0 Å². The van der Waals surface area contributed by atoms with Crippen LogP contribution in [0.1, 0.15) is 24.8 Å². The van der Waals surface area contributed by atoms with Crippen molar-refractivity contribution in [1.82, 2.24) is 4.90 Å². The lowest BCUT2D eigenvalue weighted by molar-refractivity contribution is 0.151. The molecule has 1 aliphatic heterocycles. The molecule has 2 rings (SSSR count). The van der Waals surface area contributed by atoms with E-state index in [1.165, 1.54) is 6.07 Å². The van der Waals surface area contributed by atoms with Crippen LogP contribution < -0.4 is 10.6 Å². The minimum atomic E-state index is -2.48. The Labute approximate surface area is 119 Å². The number of benzene rings is 1. The molecular weight excluding hydrogens is 260 g/mol. The summed E-state index contributed by atoms with van der Waals surface area (Å²) in [5.74, 6) is 0.657. The molecule has 112 valence electrons. The fourth-order valence-corrected chi connectivity index (χ4v) is 2.91. The molecule has 0 amide bonds. The van der Waals surface area contributed by atoms with E-state index in [0.29, 0.717) is 17.3 Å². The summed E-state index contributed by atoms with van der Waals surface area (Å²) in [6.07, 6.45) is -0.385. The molecule has 0 saturated carbocycles. The van der Waals surface area contributed by atoms with Gasteiger partial charge in [-0.25, -0.2) is 8.78 Å². The van der Waals surface area contributed by atoms with Crippen LogP contribution in [-0.4, -0.2) is 38.6 Å². The smallest absolute Gasteiger partial charge is 0.265 e. The SMILES string of the molecule is CN(C)CC1CCN(c2ccc(N)cc2C(F)F)CC1. The van der Waals surface area contributed by atoms with Crippen LogP contribution in [0.4, 0.5) is 20.2 Å². The Morgan fingerprint density at radius 1 is 1.30 bits per heavy atom. The van der Waals surface area contributed by atoms with Crippen LogP contribution in [0.5, 0.6) is 0 Å². The Morgan fingerprint density at radius 2 is 1.95 bits per heavy atom. The number of nitrogens with zero attached hydrogens (tertiary/aromatic N) is 2. The van der Waals surface area contributed by atoms with Crippen molar-refractivity contribution in [2.24, 2.45) is 5.92 Å². The van der Waals surface area contributed by atoms with Crippen LogP contribution in [0, 0.1) is 5.92 Å². The largest absolute Gasteiger partial charge is 0.399 e. The number of nitrogen functional groups attached to an aromatic ring is 1. The molecule has 1 heterocycles. The zero-order valence-electron chi connectivity index (χ0n) is 12.1. The maximum Gasteiger partial charge on any atom is 0.265 e.